The number of benzene rings is 3. The molecule has 2 amide bonds. The van der Waals surface area contributed by atoms with Crippen molar-refractivity contribution < 1.29 is 38.1 Å². The van der Waals surface area contributed by atoms with Gasteiger partial charge in [0.2, 0.25) is 0 Å². The van der Waals surface area contributed by atoms with E-state index in [2.05, 4.69) is 5.32 Å². The Morgan fingerprint density at radius 2 is 1.65 bits per heavy atom. The number of unbranched alkanes of at least 4 members (excludes halogenated alkanes) is 2. The fourth-order valence-corrected chi connectivity index (χ4v) is 4.30. The van der Waals surface area contributed by atoms with Crippen molar-refractivity contribution in [3.63, 3.8) is 0 Å². The summed E-state index contributed by atoms with van der Waals surface area (Å²) in [7, 11) is 3.10. The Hall–Kier alpha value is -4.86. The minimum atomic E-state index is -0.544. The average molecular weight is 591 g/mol. The minimum Gasteiger partial charge on any atom is -0.495 e. The number of aryl methyl sites for hydroxylation is 1. The number of esters is 2. The van der Waals surface area contributed by atoms with Gasteiger partial charge in [-0.05, 0) is 81.1 Å². The van der Waals surface area contributed by atoms with Gasteiger partial charge < -0.3 is 29.2 Å². The Bertz CT molecular complexity index is 1450. The summed E-state index contributed by atoms with van der Waals surface area (Å²) in [6.45, 7) is 5.80. The number of ether oxygens (including phenoxy) is 4. The summed E-state index contributed by atoms with van der Waals surface area (Å²) in [4.78, 5) is 51.0. The minimum absolute atomic E-state index is 0.132. The Morgan fingerprint density at radius 3 is 2.37 bits per heavy atom. The zero-order valence-electron chi connectivity index (χ0n) is 25.2. The van der Waals surface area contributed by atoms with E-state index in [9.17, 15) is 19.2 Å². The molecule has 0 aliphatic heterocycles. The fourth-order valence-electron chi connectivity index (χ4n) is 4.30. The molecular formula is C33H38N2O8. The van der Waals surface area contributed by atoms with Crippen molar-refractivity contribution in [1.82, 2.24) is 0 Å². The van der Waals surface area contributed by atoms with E-state index < -0.39 is 11.9 Å². The molecule has 10 heteroatoms. The normalized spacial score (nSPS) is 10.4. The lowest BCUT2D eigenvalue weighted by Crippen LogP contribution is -2.27. The topological polar surface area (TPSA) is 120 Å². The monoisotopic (exact) mass is 590 g/mol. The average Bonchev–Trinajstić information content (AvgIpc) is 2.98. The van der Waals surface area contributed by atoms with Gasteiger partial charge in [-0.3, -0.25) is 19.2 Å². The van der Waals surface area contributed by atoms with Crippen LogP contribution in [0.15, 0.2) is 60.7 Å². The van der Waals surface area contributed by atoms with Gasteiger partial charge in [-0.15, -0.1) is 0 Å². The molecule has 0 aliphatic carbocycles. The number of hydrogen-bond acceptors (Lipinski definition) is 8. The highest BCUT2D eigenvalue weighted by Crippen LogP contribution is 2.32. The number of para-hydroxylation sites is 1. The predicted molar refractivity (Wildman–Crippen MR) is 163 cm³/mol. The number of methoxy groups -OCH3 is 1. The highest BCUT2D eigenvalue weighted by Gasteiger charge is 2.21. The number of anilines is 2. The molecule has 0 saturated heterocycles. The largest absolute Gasteiger partial charge is 0.495 e. The van der Waals surface area contributed by atoms with Crippen LogP contribution in [0.4, 0.5) is 11.4 Å². The van der Waals surface area contributed by atoms with E-state index in [0.717, 1.165) is 24.8 Å². The van der Waals surface area contributed by atoms with Crippen molar-refractivity contribution in [2.75, 3.05) is 37.6 Å². The molecule has 0 spiro atoms. The maximum atomic E-state index is 13.5. The van der Waals surface area contributed by atoms with Crippen LogP contribution >= 0.6 is 0 Å². The van der Waals surface area contributed by atoms with E-state index in [-0.39, 0.29) is 28.9 Å². The second-order valence-electron chi connectivity index (χ2n) is 9.76. The molecule has 0 aliphatic rings. The number of rotatable bonds is 14. The van der Waals surface area contributed by atoms with Crippen molar-refractivity contribution >= 4 is 35.1 Å². The summed E-state index contributed by atoms with van der Waals surface area (Å²) in [5.74, 6) is -0.565. The van der Waals surface area contributed by atoms with Crippen molar-refractivity contribution in [3.8, 4) is 17.2 Å². The second kappa shape index (κ2) is 16.0. The summed E-state index contributed by atoms with van der Waals surface area (Å²) in [6, 6.07) is 16.7. The molecule has 3 rings (SSSR count). The zero-order valence-corrected chi connectivity index (χ0v) is 25.2. The summed E-state index contributed by atoms with van der Waals surface area (Å²) in [6.07, 6.45) is 2.67. The van der Waals surface area contributed by atoms with Gasteiger partial charge >= 0.3 is 11.9 Å². The molecular weight excluding hydrogens is 552 g/mol. The molecule has 1 N–H and O–H groups in total. The third kappa shape index (κ3) is 9.32. The van der Waals surface area contributed by atoms with Gasteiger partial charge in [0.25, 0.3) is 11.8 Å². The molecule has 0 fully saturated rings. The number of hydrogen-bond donors (Lipinski definition) is 1. The molecule has 0 aromatic heterocycles. The first-order valence-electron chi connectivity index (χ1n) is 14.1. The van der Waals surface area contributed by atoms with Crippen LogP contribution in [0, 0.1) is 6.92 Å². The van der Waals surface area contributed by atoms with E-state index in [0.29, 0.717) is 42.3 Å². The number of nitrogens with one attached hydrogen (secondary N) is 1. The molecule has 0 heterocycles. The highest BCUT2D eigenvalue weighted by molar-refractivity contribution is 6.09. The van der Waals surface area contributed by atoms with Gasteiger partial charge in [0.1, 0.15) is 17.2 Å². The zero-order chi connectivity index (χ0) is 31.4. The highest BCUT2D eigenvalue weighted by atomic mass is 16.5. The molecule has 3 aromatic rings. The van der Waals surface area contributed by atoms with Crippen LogP contribution < -0.4 is 24.4 Å². The lowest BCUT2D eigenvalue weighted by atomic mass is 10.1. The van der Waals surface area contributed by atoms with Gasteiger partial charge in [-0.2, -0.15) is 0 Å². The van der Waals surface area contributed by atoms with Gasteiger partial charge in [0.15, 0.2) is 0 Å². The van der Waals surface area contributed by atoms with Gasteiger partial charge in [0, 0.05) is 26.0 Å². The number of carbonyl (C=O) groups is 4. The second-order valence-corrected chi connectivity index (χ2v) is 9.76. The molecule has 0 saturated carbocycles. The van der Waals surface area contributed by atoms with E-state index >= 15 is 0 Å². The van der Waals surface area contributed by atoms with Gasteiger partial charge in [-0.1, -0.05) is 18.2 Å². The van der Waals surface area contributed by atoms with E-state index in [4.69, 9.17) is 18.9 Å². The predicted octanol–water partition coefficient (Wildman–Crippen LogP) is 5.96. The number of amides is 2. The van der Waals surface area contributed by atoms with Crippen molar-refractivity contribution in [1.29, 1.82) is 0 Å². The van der Waals surface area contributed by atoms with Crippen LogP contribution in [0.5, 0.6) is 17.2 Å². The van der Waals surface area contributed by atoms with Crippen molar-refractivity contribution in [2.24, 2.45) is 0 Å². The Labute approximate surface area is 251 Å². The van der Waals surface area contributed by atoms with E-state index in [1.807, 2.05) is 25.1 Å². The van der Waals surface area contributed by atoms with E-state index in [1.54, 1.807) is 44.3 Å². The molecule has 3 aromatic carbocycles. The molecule has 228 valence electrons. The first-order valence-corrected chi connectivity index (χ1v) is 14.1. The van der Waals surface area contributed by atoms with Gasteiger partial charge in [0.05, 0.1) is 37.3 Å². The molecule has 0 radical (unpaired) electrons. The summed E-state index contributed by atoms with van der Waals surface area (Å²) >= 11 is 0. The van der Waals surface area contributed by atoms with Crippen LogP contribution in [0.3, 0.4) is 0 Å². The smallest absolute Gasteiger partial charge is 0.308 e. The third-order valence-corrected chi connectivity index (χ3v) is 6.45. The van der Waals surface area contributed by atoms with Crippen LogP contribution in [0.25, 0.3) is 0 Å². The van der Waals surface area contributed by atoms with Crippen LogP contribution in [0.1, 0.15) is 65.8 Å². The first kappa shape index (κ1) is 32.7. The lowest BCUT2D eigenvalue weighted by Gasteiger charge is -2.22. The maximum Gasteiger partial charge on any atom is 0.308 e. The first-order chi connectivity index (χ1) is 20.6. The van der Waals surface area contributed by atoms with Crippen LogP contribution in [-0.2, 0) is 14.3 Å². The van der Waals surface area contributed by atoms with Crippen LogP contribution in [0.2, 0.25) is 0 Å². The molecule has 10 nitrogen and oxygen atoms in total. The molecule has 0 bridgehead atoms. The Kier molecular flexibility index (Phi) is 12.1. The van der Waals surface area contributed by atoms with Crippen molar-refractivity contribution in [2.45, 2.75) is 46.5 Å². The lowest BCUT2D eigenvalue weighted by molar-refractivity contribution is -0.143. The molecule has 0 atom stereocenters. The standard InChI is InChI=1S/C33H38N2O8/c1-6-41-31(37)14-8-7-11-19-42-30-20-22(2)15-18-27(30)35(4)33(39)24-16-17-26(29(21-24)40-5)34-32(38)25-12-9-10-13-28(25)43-23(3)36/h9-10,12-13,15-18,20-21H,6-8,11,14,19H2,1-5H3,(H,34,38). The third-order valence-electron chi connectivity index (χ3n) is 6.45. The Morgan fingerprint density at radius 1 is 0.884 bits per heavy atom. The van der Waals surface area contributed by atoms with Crippen molar-refractivity contribution in [3.05, 3.63) is 77.4 Å². The molecule has 0 unspecified atom stereocenters. The molecule has 43 heavy (non-hydrogen) atoms. The quantitative estimate of drug-likeness (QED) is 0.139. The number of nitrogens with zero attached hydrogens (tertiary/aromatic N) is 1. The van der Waals surface area contributed by atoms with E-state index in [1.165, 1.54) is 31.1 Å². The maximum absolute atomic E-state index is 13.5. The number of carbonyl (C=O) groups excluding carboxylic acids is 4. The van der Waals surface area contributed by atoms with Gasteiger partial charge in [-0.25, -0.2) is 0 Å². The SMILES string of the molecule is CCOC(=O)CCCCCOc1cc(C)ccc1N(C)C(=O)c1ccc(NC(=O)c2ccccc2OC(C)=O)c(OC)c1. The van der Waals surface area contributed by atoms with Crippen LogP contribution in [-0.4, -0.2) is 51.1 Å². The summed E-state index contributed by atoms with van der Waals surface area (Å²) in [5, 5.41) is 2.76. The fraction of sp³-hybridized carbons (Fsp3) is 0.333. The summed E-state index contributed by atoms with van der Waals surface area (Å²) < 4.78 is 21.6. The summed E-state index contributed by atoms with van der Waals surface area (Å²) in [5.41, 5.74) is 2.43. The Balaban J connectivity index is 1.70.